The van der Waals surface area contributed by atoms with Crippen LogP contribution >= 0.6 is 0 Å². The summed E-state index contributed by atoms with van der Waals surface area (Å²) in [5.74, 6) is -1.59. The second-order valence-electron chi connectivity index (χ2n) is 3.63. The first-order chi connectivity index (χ1) is 8.51. The first-order valence-electron chi connectivity index (χ1n) is 4.86. The van der Waals surface area contributed by atoms with Crippen molar-refractivity contribution in [1.82, 2.24) is 0 Å². The highest BCUT2D eigenvalue weighted by Crippen LogP contribution is 2.30. The Morgan fingerprint density at radius 3 is 1.74 bits per heavy atom. The Balaban J connectivity index is 3.17. The molecule has 1 rings (SSSR count). The topological polar surface area (TPSA) is 29.4 Å². The van der Waals surface area contributed by atoms with Crippen LogP contribution < -0.4 is 0 Å². The van der Waals surface area contributed by atoms with Gasteiger partial charge < -0.3 is 0 Å². The van der Waals surface area contributed by atoms with E-state index in [4.69, 9.17) is 0 Å². The van der Waals surface area contributed by atoms with Gasteiger partial charge in [-0.1, -0.05) is 17.7 Å². The molecule has 0 aromatic heterocycles. The van der Waals surface area contributed by atoms with Crippen molar-refractivity contribution >= 4 is 11.6 Å². The maximum Gasteiger partial charge on any atom is 0.438 e. The third-order valence-electron chi connectivity index (χ3n) is 2.05. The first kappa shape index (κ1) is 15.2. The predicted octanol–water partition coefficient (Wildman–Crippen LogP) is 3.70. The van der Waals surface area contributed by atoms with Crippen molar-refractivity contribution in [2.75, 3.05) is 0 Å². The van der Waals surface area contributed by atoms with E-state index in [2.05, 4.69) is 4.99 Å². The molecule has 0 radical (unpaired) electrons. The third kappa shape index (κ3) is 4.08. The number of nitrogens with zero attached hydrogens (tertiary/aromatic N) is 1. The summed E-state index contributed by atoms with van der Waals surface area (Å²) in [5.41, 5.74) is -2.71. The highest BCUT2D eigenvalue weighted by atomic mass is 19.4. The van der Waals surface area contributed by atoms with Crippen molar-refractivity contribution in [3.63, 3.8) is 0 Å². The molecule has 8 heteroatoms. The second-order valence-corrected chi connectivity index (χ2v) is 3.63. The molecule has 1 aromatic rings. The van der Waals surface area contributed by atoms with E-state index in [0.717, 1.165) is 12.1 Å². The van der Waals surface area contributed by atoms with Crippen molar-refractivity contribution in [2.24, 2.45) is 4.99 Å². The normalized spacial score (nSPS) is 12.2. The smallest absolute Gasteiger partial charge is 0.267 e. The average Bonchev–Trinajstić information content (AvgIpc) is 2.23. The van der Waals surface area contributed by atoms with Crippen LogP contribution in [0.3, 0.4) is 0 Å². The van der Waals surface area contributed by atoms with Gasteiger partial charge in [-0.15, -0.1) is 0 Å². The Morgan fingerprint density at radius 2 is 1.37 bits per heavy atom. The molecule has 0 saturated carbocycles. The fourth-order valence-electron chi connectivity index (χ4n) is 1.15. The van der Waals surface area contributed by atoms with Crippen molar-refractivity contribution in [3.05, 3.63) is 35.4 Å². The Morgan fingerprint density at radius 1 is 0.947 bits per heavy atom. The monoisotopic (exact) mass is 283 g/mol. The molecule has 0 aliphatic rings. The van der Waals surface area contributed by atoms with Crippen LogP contribution in [-0.4, -0.2) is 24.0 Å². The van der Waals surface area contributed by atoms with Gasteiger partial charge in [0.1, 0.15) is 0 Å². The van der Waals surface area contributed by atoms with Crippen molar-refractivity contribution in [1.29, 1.82) is 0 Å². The standard InChI is InChI=1S/C11H7F6NO/c1-6-2-4-7(5-3-6)8(19)18-9(10(12,13)14)11(15,16)17/h2-5H,1H3. The van der Waals surface area contributed by atoms with Gasteiger partial charge in [0.05, 0.1) is 0 Å². The zero-order valence-corrected chi connectivity index (χ0v) is 9.43. The number of aliphatic imine (C=N–C) groups is 1. The number of benzene rings is 1. The number of halogens is 6. The minimum Gasteiger partial charge on any atom is -0.267 e. The second kappa shape index (κ2) is 5.02. The molecule has 0 spiro atoms. The molecule has 0 aliphatic heterocycles. The molecule has 19 heavy (non-hydrogen) atoms. The number of amides is 1. The number of aryl methyl sites for hydroxylation is 1. The summed E-state index contributed by atoms with van der Waals surface area (Å²) >= 11 is 0. The van der Waals surface area contributed by atoms with Crippen LogP contribution in [0.1, 0.15) is 15.9 Å². The Kier molecular flexibility index (Phi) is 4.02. The van der Waals surface area contributed by atoms with E-state index in [1.165, 1.54) is 12.1 Å². The summed E-state index contributed by atoms with van der Waals surface area (Å²) in [6.07, 6.45) is -11.5. The lowest BCUT2D eigenvalue weighted by Gasteiger charge is -2.12. The minimum absolute atomic E-state index is 0.350. The summed E-state index contributed by atoms with van der Waals surface area (Å²) in [4.78, 5) is 13.4. The molecule has 0 unspecified atom stereocenters. The third-order valence-corrected chi connectivity index (χ3v) is 2.05. The largest absolute Gasteiger partial charge is 0.438 e. The number of hydrogen-bond donors (Lipinski definition) is 0. The van der Waals surface area contributed by atoms with E-state index in [1.54, 1.807) is 6.92 Å². The first-order valence-corrected chi connectivity index (χ1v) is 4.86. The predicted molar refractivity (Wildman–Crippen MR) is 55.1 cm³/mol. The Labute approximate surface area is 103 Å². The summed E-state index contributed by atoms with van der Waals surface area (Å²) < 4.78 is 72.9. The maximum atomic E-state index is 12.2. The van der Waals surface area contributed by atoms with Crippen LogP contribution in [0.25, 0.3) is 0 Å². The highest BCUT2D eigenvalue weighted by Gasteiger charge is 2.53. The van der Waals surface area contributed by atoms with E-state index in [-0.39, 0.29) is 5.56 Å². The Bertz CT molecular complexity index is 481. The van der Waals surface area contributed by atoms with Gasteiger partial charge in [-0.2, -0.15) is 31.3 Å². The zero-order chi connectivity index (χ0) is 14.8. The molecule has 0 bridgehead atoms. The van der Waals surface area contributed by atoms with E-state index >= 15 is 0 Å². The van der Waals surface area contributed by atoms with Gasteiger partial charge >= 0.3 is 12.4 Å². The lowest BCUT2D eigenvalue weighted by Crippen LogP contribution is -2.37. The van der Waals surface area contributed by atoms with Crippen LogP contribution in [-0.2, 0) is 0 Å². The molecular weight excluding hydrogens is 276 g/mol. The minimum atomic E-state index is -5.74. The molecular formula is C11H7F6NO. The van der Waals surface area contributed by atoms with Crippen LogP contribution in [0, 0.1) is 6.92 Å². The van der Waals surface area contributed by atoms with Gasteiger partial charge in [0.25, 0.3) is 5.91 Å². The number of carbonyl (C=O) groups is 1. The van der Waals surface area contributed by atoms with Gasteiger partial charge in [0.15, 0.2) is 0 Å². The zero-order valence-electron chi connectivity index (χ0n) is 9.43. The van der Waals surface area contributed by atoms with Gasteiger partial charge in [-0.25, -0.2) is 0 Å². The van der Waals surface area contributed by atoms with E-state index in [9.17, 15) is 31.1 Å². The van der Waals surface area contributed by atoms with Crippen molar-refractivity contribution in [3.8, 4) is 0 Å². The van der Waals surface area contributed by atoms with Gasteiger partial charge in [0, 0.05) is 5.56 Å². The van der Waals surface area contributed by atoms with Crippen molar-refractivity contribution < 1.29 is 31.1 Å². The van der Waals surface area contributed by atoms with E-state index in [0.29, 0.717) is 5.56 Å². The molecule has 1 aromatic carbocycles. The maximum absolute atomic E-state index is 12.2. The molecule has 0 fully saturated rings. The number of carbonyl (C=O) groups excluding carboxylic acids is 1. The summed E-state index contributed by atoms with van der Waals surface area (Å²) in [7, 11) is 0. The van der Waals surface area contributed by atoms with Gasteiger partial charge in [0.2, 0.25) is 5.71 Å². The quantitative estimate of drug-likeness (QED) is 0.570. The highest BCUT2D eigenvalue weighted by molar-refractivity contribution is 6.07. The van der Waals surface area contributed by atoms with Crippen LogP contribution in [0.15, 0.2) is 29.3 Å². The molecule has 2 nitrogen and oxygen atoms in total. The summed E-state index contributed by atoms with van der Waals surface area (Å²) in [6.45, 7) is 1.65. The summed E-state index contributed by atoms with van der Waals surface area (Å²) in [6, 6.07) is 4.96. The van der Waals surface area contributed by atoms with Gasteiger partial charge in [-0.05, 0) is 19.1 Å². The lowest BCUT2D eigenvalue weighted by molar-refractivity contribution is -0.117. The Hall–Kier alpha value is -1.86. The molecule has 104 valence electrons. The number of hydrogen-bond acceptors (Lipinski definition) is 1. The molecule has 0 atom stereocenters. The fourth-order valence-corrected chi connectivity index (χ4v) is 1.15. The average molecular weight is 283 g/mol. The molecule has 0 heterocycles. The SMILES string of the molecule is Cc1ccc(C(=O)N=C(C(F)(F)F)C(F)(F)F)cc1. The van der Waals surface area contributed by atoms with E-state index < -0.39 is 24.0 Å². The fraction of sp³-hybridized carbons (Fsp3) is 0.273. The number of alkyl halides is 6. The van der Waals surface area contributed by atoms with Crippen LogP contribution in [0.5, 0.6) is 0 Å². The number of rotatable bonds is 1. The van der Waals surface area contributed by atoms with Crippen LogP contribution in [0.4, 0.5) is 26.3 Å². The van der Waals surface area contributed by atoms with Crippen molar-refractivity contribution in [2.45, 2.75) is 19.3 Å². The van der Waals surface area contributed by atoms with E-state index in [1.807, 2.05) is 0 Å². The molecule has 0 N–H and O–H groups in total. The van der Waals surface area contributed by atoms with Gasteiger partial charge in [-0.3, -0.25) is 4.79 Å². The molecule has 0 saturated heterocycles. The molecule has 0 aliphatic carbocycles. The lowest BCUT2D eigenvalue weighted by atomic mass is 10.1. The molecule has 1 amide bonds. The van der Waals surface area contributed by atoms with Crippen LogP contribution in [0.2, 0.25) is 0 Å². The summed E-state index contributed by atoms with van der Waals surface area (Å²) in [5, 5.41) is 0.